The second-order valence-electron chi connectivity index (χ2n) is 7.43. The molecule has 0 saturated carbocycles. The molecule has 0 aromatic heterocycles. The van der Waals surface area contributed by atoms with Gasteiger partial charge in [-0.2, -0.15) is 0 Å². The summed E-state index contributed by atoms with van der Waals surface area (Å²) < 4.78 is 0. The highest BCUT2D eigenvalue weighted by molar-refractivity contribution is 5.58. The normalized spacial score (nSPS) is 14.7. The van der Waals surface area contributed by atoms with Crippen molar-refractivity contribution >= 4 is 12.9 Å². The summed E-state index contributed by atoms with van der Waals surface area (Å²) >= 11 is 0. The number of nitrogens with zero attached hydrogens (tertiary/aromatic N) is 2. The summed E-state index contributed by atoms with van der Waals surface area (Å²) in [5, 5.41) is 0. The third-order valence-electron chi connectivity index (χ3n) is 4.02. The van der Waals surface area contributed by atoms with E-state index in [1.165, 1.54) is 32.1 Å². The van der Waals surface area contributed by atoms with E-state index in [-0.39, 0.29) is 11.1 Å². The van der Waals surface area contributed by atoms with Crippen LogP contribution in [0, 0.1) is 5.92 Å². The first-order valence-electron chi connectivity index (χ1n) is 8.24. The summed E-state index contributed by atoms with van der Waals surface area (Å²) in [4.78, 5) is 8.94. The highest BCUT2D eigenvalue weighted by Gasteiger charge is 2.16. The van der Waals surface area contributed by atoms with Crippen molar-refractivity contribution in [1.82, 2.24) is 0 Å². The largest absolute Gasteiger partial charge is 0.295 e. The SMILES string of the molecule is C=NC(C)(C)CCC(C)CC=NC(C)(C)CCCCC. The quantitative estimate of drug-likeness (QED) is 0.342. The molecule has 0 aliphatic rings. The van der Waals surface area contributed by atoms with Crippen LogP contribution in [-0.2, 0) is 0 Å². The van der Waals surface area contributed by atoms with Gasteiger partial charge in [-0.05, 0) is 72.2 Å². The Kier molecular flexibility index (Phi) is 9.00. The molecule has 0 aliphatic carbocycles. The van der Waals surface area contributed by atoms with Gasteiger partial charge in [0.1, 0.15) is 0 Å². The molecule has 0 amide bonds. The Bertz CT molecular complexity index is 290. The average Bonchev–Trinajstić information content (AvgIpc) is 2.36. The van der Waals surface area contributed by atoms with Crippen LogP contribution >= 0.6 is 0 Å². The van der Waals surface area contributed by atoms with Gasteiger partial charge in [0, 0.05) is 0 Å². The zero-order valence-corrected chi connectivity index (χ0v) is 14.7. The van der Waals surface area contributed by atoms with E-state index in [9.17, 15) is 0 Å². The first-order chi connectivity index (χ1) is 9.22. The molecule has 20 heavy (non-hydrogen) atoms. The van der Waals surface area contributed by atoms with E-state index in [1.807, 2.05) is 0 Å². The Labute approximate surface area is 127 Å². The van der Waals surface area contributed by atoms with Crippen LogP contribution in [0.4, 0.5) is 0 Å². The molecule has 0 aromatic carbocycles. The summed E-state index contributed by atoms with van der Waals surface area (Å²) in [5.74, 6) is 0.672. The van der Waals surface area contributed by atoms with Crippen LogP contribution in [0.15, 0.2) is 9.98 Å². The molecular weight excluding hydrogens is 244 g/mol. The van der Waals surface area contributed by atoms with Gasteiger partial charge in [0.25, 0.3) is 0 Å². The molecule has 1 atom stereocenters. The molecule has 0 heterocycles. The van der Waals surface area contributed by atoms with Gasteiger partial charge in [-0.15, -0.1) is 0 Å². The number of hydrogen-bond acceptors (Lipinski definition) is 2. The Morgan fingerprint density at radius 2 is 1.70 bits per heavy atom. The van der Waals surface area contributed by atoms with E-state index in [0.717, 1.165) is 12.8 Å². The molecule has 0 bridgehead atoms. The van der Waals surface area contributed by atoms with E-state index in [2.05, 4.69) is 59.5 Å². The van der Waals surface area contributed by atoms with E-state index in [0.29, 0.717) is 5.92 Å². The lowest BCUT2D eigenvalue weighted by atomic mass is 9.92. The maximum absolute atomic E-state index is 4.77. The molecule has 0 fully saturated rings. The molecule has 0 rings (SSSR count). The molecule has 2 heteroatoms. The van der Waals surface area contributed by atoms with Crippen molar-refractivity contribution in [3.8, 4) is 0 Å². The fourth-order valence-corrected chi connectivity index (χ4v) is 2.15. The van der Waals surface area contributed by atoms with E-state index in [4.69, 9.17) is 4.99 Å². The Hall–Kier alpha value is -0.660. The second-order valence-corrected chi connectivity index (χ2v) is 7.43. The second kappa shape index (κ2) is 9.31. The summed E-state index contributed by atoms with van der Waals surface area (Å²) in [6, 6.07) is 0. The number of unbranched alkanes of at least 4 members (excludes halogenated alkanes) is 2. The predicted octanol–water partition coefficient (Wildman–Crippen LogP) is 5.70. The van der Waals surface area contributed by atoms with Crippen molar-refractivity contribution in [2.75, 3.05) is 0 Å². The van der Waals surface area contributed by atoms with Crippen LogP contribution in [0.3, 0.4) is 0 Å². The minimum atomic E-state index is 0.0187. The van der Waals surface area contributed by atoms with Gasteiger partial charge >= 0.3 is 0 Å². The predicted molar refractivity (Wildman–Crippen MR) is 93.4 cm³/mol. The number of aliphatic imine (C=N–C) groups is 2. The van der Waals surface area contributed by atoms with Gasteiger partial charge in [0.15, 0.2) is 0 Å². The fourth-order valence-electron chi connectivity index (χ4n) is 2.15. The Morgan fingerprint density at radius 3 is 2.25 bits per heavy atom. The van der Waals surface area contributed by atoms with Gasteiger partial charge < -0.3 is 0 Å². The molecule has 0 aromatic rings. The molecule has 0 radical (unpaired) electrons. The van der Waals surface area contributed by atoms with Gasteiger partial charge in [-0.1, -0.05) is 33.1 Å². The van der Waals surface area contributed by atoms with Crippen LogP contribution in [0.5, 0.6) is 0 Å². The molecular formula is C18H36N2. The van der Waals surface area contributed by atoms with Crippen molar-refractivity contribution in [2.45, 2.75) is 97.6 Å². The smallest absolute Gasteiger partial charge is 0.0548 e. The third kappa shape index (κ3) is 10.2. The maximum atomic E-state index is 4.77. The Morgan fingerprint density at radius 1 is 1.05 bits per heavy atom. The highest BCUT2D eigenvalue weighted by Crippen LogP contribution is 2.22. The van der Waals surface area contributed by atoms with Crippen LogP contribution in [0.1, 0.15) is 86.5 Å². The molecule has 1 unspecified atom stereocenters. The lowest BCUT2D eigenvalue weighted by Crippen LogP contribution is -2.18. The van der Waals surface area contributed by atoms with Crippen LogP contribution < -0.4 is 0 Å². The molecule has 118 valence electrons. The Balaban J connectivity index is 4.00. The summed E-state index contributed by atoms with van der Waals surface area (Å²) in [6.07, 6.45) is 10.6. The van der Waals surface area contributed by atoms with E-state index < -0.39 is 0 Å². The van der Waals surface area contributed by atoms with Crippen molar-refractivity contribution in [1.29, 1.82) is 0 Å². The molecule has 2 nitrogen and oxygen atoms in total. The summed E-state index contributed by atoms with van der Waals surface area (Å²) in [5.41, 5.74) is 0.127. The van der Waals surface area contributed by atoms with Crippen LogP contribution in [0.2, 0.25) is 0 Å². The minimum Gasteiger partial charge on any atom is -0.295 e. The molecule has 0 saturated heterocycles. The van der Waals surface area contributed by atoms with Crippen LogP contribution in [-0.4, -0.2) is 24.0 Å². The van der Waals surface area contributed by atoms with Gasteiger partial charge in [0.2, 0.25) is 0 Å². The minimum absolute atomic E-state index is 0.0187. The molecule has 0 N–H and O–H groups in total. The van der Waals surface area contributed by atoms with Gasteiger partial charge in [-0.25, -0.2) is 0 Å². The number of hydrogen-bond donors (Lipinski definition) is 0. The first-order valence-corrected chi connectivity index (χ1v) is 8.24. The average molecular weight is 280 g/mol. The van der Waals surface area contributed by atoms with Gasteiger partial charge in [-0.3, -0.25) is 9.98 Å². The zero-order chi connectivity index (χ0) is 15.6. The number of rotatable bonds is 11. The first kappa shape index (κ1) is 19.3. The van der Waals surface area contributed by atoms with Crippen LogP contribution in [0.25, 0.3) is 0 Å². The van der Waals surface area contributed by atoms with Crippen molar-refractivity contribution in [2.24, 2.45) is 15.9 Å². The maximum Gasteiger partial charge on any atom is 0.0548 e. The van der Waals surface area contributed by atoms with Gasteiger partial charge in [0.05, 0.1) is 11.1 Å². The fraction of sp³-hybridized carbons (Fsp3) is 0.889. The summed E-state index contributed by atoms with van der Waals surface area (Å²) in [6.45, 7) is 17.0. The molecule has 0 spiro atoms. The van der Waals surface area contributed by atoms with E-state index in [1.54, 1.807) is 0 Å². The lowest BCUT2D eigenvalue weighted by molar-refractivity contribution is 0.408. The summed E-state index contributed by atoms with van der Waals surface area (Å²) in [7, 11) is 0. The van der Waals surface area contributed by atoms with Crippen molar-refractivity contribution < 1.29 is 0 Å². The van der Waals surface area contributed by atoms with E-state index >= 15 is 0 Å². The monoisotopic (exact) mass is 280 g/mol. The molecule has 0 aliphatic heterocycles. The third-order valence-corrected chi connectivity index (χ3v) is 4.02. The lowest BCUT2D eigenvalue weighted by Gasteiger charge is -2.21. The standard InChI is InChI=1S/C18H36N2/c1-8-9-10-13-18(5,6)20-15-12-16(2)11-14-17(3,4)19-7/h15-16H,7-14H2,1-6H3. The van der Waals surface area contributed by atoms with Crippen molar-refractivity contribution in [3.05, 3.63) is 0 Å². The van der Waals surface area contributed by atoms with Crippen molar-refractivity contribution in [3.63, 3.8) is 0 Å². The highest BCUT2D eigenvalue weighted by atomic mass is 14.8. The zero-order valence-electron chi connectivity index (χ0n) is 14.7. The topological polar surface area (TPSA) is 24.7 Å².